The first-order valence-corrected chi connectivity index (χ1v) is 8.66. The second-order valence-electron chi connectivity index (χ2n) is 7.17. The molecule has 106 valence electrons. The second-order valence-corrected chi connectivity index (χ2v) is 8.39. The number of thioether (sulfide) groups is 1. The average molecular weight is 270 g/mol. The van der Waals surface area contributed by atoms with Crippen molar-refractivity contribution in [3.63, 3.8) is 0 Å². The summed E-state index contributed by atoms with van der Waals surface area (Å²) >= 11 is 2.10. The first-order valence-electron chi connectivity index (χ1n) is 7.51. The molecule has 2 heterocycles. The van der Waals surface area contributed by atoms with Crippen molar-refractivity contribution in [2.75, 3.05) is 31.1 Å². The van der Waals surface area contributed by atoms with E-state index in [9.17, 15) is 0 Å². The van der Waals surface area contributed by atoms with Crippen molar-refractivity contribution in [2.45, 2.75) is 52.0 Å². The van der Waals surface area contributed by atoms with Crippen LogP contribution in [-0.4, -0.2) is 41.6 Å². The highest BCUT2D eigenvalue weighted by Crippen LogP contribution is 2.39. The van der Waals surface area contributed by atoms with Crippen LogP contribution in [0, 0.1) is 11.3 Å². The van der Waals surface area contributed by atoms with Crippen molar-refractivity contribution in [2.24, 2.45) is 17.1 Å². The van der Waals surface area contributed by atoms with Crippen LogP contribution in [0.1, 0.15) is 46.5 Å². The predicted octanol–water partition coefficient (Wildman–Crippen LogP) is 2.97. The van der Waals surface area contributed by atoms with Crippen LogP contribution in [0.4, 0.5) is 0 Å². The molecule has 2 nitrogen and oxygen atoms in total. The molecule has 2 fully saturated rings. The predicted molar refractivity (Wildman–Crippen MR) is 82.1 cm³/mol. The van der Waals surface area contributed by atoms with E-state index in [1.165, 1.54) is 50.3 Å². The van der Waals surface area contributed by atoms with Crippen molar-refractivity contribution in [1.82, 2.24) is 4.90 Å². The van der Waals surface area contributed by atoms with Gasteiger partial charge >= 0.3 is 0 Å². The summed E-state index contributed by atoms with van der Waals surface area (Å²) in [5.41, 5.74) is 6.96. The van der Waals surface area contributed by atoms with Gasteiger partial charge in [0, 0.05) is 12.1 Å². The SMILES string of the molecule is CC(C)(C)C1CCN(C2(CN)CCSCC2)CC1. The zero-order valence-corrected chi connectivity index (χ0v) is 13.2. The summed E-state index contributed by atoms with van der Waals surface area (Å²) < 4.78 is 0. The fourth-order valence-corrected chi connectivity index (χ4v) is 4.87. The van der Waals surface area contributed by atoms with Crippen molar-refractivity contribution in [3.05, 3.63) is 0 Å². The second kappa shape index (κ2) is 5.72. The number of nitrogens with zero attached hydrogens (tertiary/aromatic N) is 1. The summed E-state index contributed by atoms with van der Waals surface area (Å²) in [4.78, 5) is 2.73. The molecule has 0 aromatic heterocycles. The van der Waals surface area contributed by atoms with Crippen LogP contribution in [0.3, 0.4) is 0 Å². The van der Waals surface area contributed by atoms with E-state index in [0.29, 0.717) is 11.0 Å². The van der Waals surface area contributed by atoms with Gasteiger partial charge in [0.25, 0.3) is 0 Å². The van der Waals surface area contributed by atoms with Gasteiger partial charge < -0.3 is 5.73 Å². The monoisotopic (exact) mass is 270 g/mol. The Bertz CT molecular complexity index is 258. The van der Waals surface area contributed by atoms with Gasteiger partial charge in [-0.15, -0.1) is 0 Å². The molecule has 0 atom stereocenters. The van der Waals surface area contributed by atoms with Crippen LogP contribution in [-0.2, 0) is 0 Å². The van der Waals surface area contributed by atoms with E-state index in [0.717, 1.165) is 12.5 Å². The number of rotatable bonds is 2. The molecule has 0 unspecified atom stereocenters. The van der Waals surface area contributed by atoms with Crippen LogP contribution in [0.2, 0.25) is 0 Å². The maximum atomic E-state index is 6.14. The zero-order valence-electron chi connectivity index (χ0n) is 12.4. The molecule has 0 bridgehead atoms. The van der Waals surface area contributed by atoms with E-state index >= 15 is 0 Å². The molecule has 2 aliphatic heterocycles. The molecule has 2 N–H and O–H groups in total. The Balaban J connectivity index is 1.95. The summed E-state index contributed by atoms with van der Waals surface area (Å²) in [6.07, 6.45) is 5.32. The van der Waals surface area contributed by atoms with Gasteiger partial charge in [-0.1, -0.05) is 20.8 Å². The fourth-order valence-electron chi connectivity index (χ4n) is 3.62. The lowest BCUT2D eigenvalue weighted by molar-refractivity contribution is 0.0244. The smallest absolute Gasteiger partial charge is 0.0347 e. The highest BCUT2D eigenvalue weighted by atomic mass is 32.2. The highest BCUT2D eigenvalue weighted by molar-refractivity contribution is 7.99. The van der Waals surface area contributed by atoms with Gasteiger partial charge in [0.2, 0.25) is 0 Å². The average Bonchev–Trinajstić information content (AvgIpc) is 2.39. The van der Waals surface area contributed by atoms with E-state index in [4.69, 9.17) is 5.73 Å². The first kappa shape index (κ1) is 14.7. The van der Waals surface area contributed by atoms with Crippen molar-refractivity contribution >= 4 is 11.8 Å². The Morgan fingerprint density at radius 1 is 1.17 bits per heavy atom. The van der Waals surface area contributed by atoms with Gasteiger partial charge in [-0.05, 0) is 61.6 Å². The van der Waals surface area contributed by atoms with Gasteiger partial charge in [0.15, 0.2) is 0 Å². The minimum Gasteiger partial charge on any atom is -0.329 e. The normalized spacial score (nSPS) is 27.3. The third kappa shape index (κ3) is 3.05. The van der Waals surface area contributed by atoms with Crippen LogP contribution >= 0.6 is 11.8 Å². The van der Waals surface area contributed by atoms with Crippen molar-refractivity contribution < 1.29 is 0 Å². The lowest BCUT2D eigenvalue weighted by Crippen LogP contribution is -2.58. The van der Waals surface area contributed by atoms with Crippen LogP contribution < -0.4 is 5.73 Å². The summed E-state index contributed by atoms with van der Waals surface area (Å²) in [6, 6.07) is 0. The molecule has 0 spiro atoms. The van der Waals surface area contributed by atoms with Crippen molar-refractivity contribution in [1.29, 1.82) is 0 Å². The molecule has 0 radical (unpaired) electrons. The quantitative estimate of drug-likeness (QED) is 0.836. The lowest BCUT2D eigenvalue weighted by atomic mass is 9.74. The Kier molecular flexibility index (Phi) is 4.66. The topological polar surface area (TPSA) is 29.3 Å². The number of nitrogens with two attached hydrogens (primary N) is 1. The largest absolute Gasteiger partial charge is 0.329 e. The van der Waals surface area contributed by atoms with Crippen LogP contribution in [0.5, 0.6) is 0 Å². The van der Waals surface area contributed by atoms with E-state index in [1.807, 2.05) is 0 Å². The third-order valence-corrected chi connectivity index (χ3v) is 6.18. The molecule has 2 rings (SSSR count). The number of hydrogen-bond acceptors (Lipinski definition) is 3. The summed E-state index contributed by atoms with van der Waals surface area (Å²) in [6.45, 7) is 10.6. The molecule has 0 aliphatic carbocycles. The Hall–Kier alpha value is 0.270. The molecular formula is C15H30N2S. The van der Waals surface area contributed by atoms with E-state index in [2.05, 4.69) is 37.4 Å². The van der Waals surface area contributed by atoms with E-state index in [1.54, 1.807) is 0 Å². The van der Waals surface area contributed by atoms with Gasteiger partial charge in [0.1, 0.15) is 0 Å². The standard InChI is InChI=1S/C15H30N2S/c1-14(2,3)13-4-8-17(9-5-13)15(12-16)6-10-18-11-7-15/h13H,4-12,16H2,1-3H3. The molecular weight excluding hydrogens is 240 g/mol. The summed E-state index contributed by atoms with van der Waals surface area (Å²) in [5.74, 6) is 3.49. The molecule has 0 saturated carbocycles. The molecule has 2 saturated heterocycles. The maximum absolute atomic E-state index is 6.14. The maximum Gasteiger partial charge on any atom is 0.0347 e. The van der Waals surface area contributed by atoms with Crippen LogP contribution in [0.15, 0.2) is 0 Å². The number of likely N-dealkylation sites (tertiary alicyclic amines) is 1. The number of piperidine rings is 1. The molecule has 2 aliphatic rings. The molecule has 3 heteroatoms. The third-order valence-electron chi connectivity index (χ3n) is 5.19. The van der Waals surface area contributed by atoms with Gasteiger partial charge in [-0.3, -0.25) is 4.90 Å². The lowest BCUT2D eigenvalue weighted by Gasteiger charge is -2.50. The summed E-state index contributed by atoms with van der Waals surface area (Å²) in [5, 5.41) is 0. The van der Waals surface area contributed by atoms with Gasteiger partial charge in [0.05, 0.1) is 0 Å². The Morgan fingerprint density at radius 2 is 1.72 bits per heavy atom. The molecule has 0 amide bonds. The van der Waals surface area contributed by atoms with Crippen molar-refractivity contribution in [3.8, 4) is 0 Å². The minimum absolute atomic E-state index is 0.341. The van der Waals surface area contributed by atoms with Gasteiger partial charge in [-0.2, -0.15) is 11.8 Å². The zero-order chi connectivity index (χ0) is 13.2. The Morgan fingerprint density at radius 3 is 2.17 bits per heavy atom. The fraction of sp³-hybridized carbons (Fsp3) is 1.00. The van der Waals surface area contributed by atoms with Gasteiger partial charge in [-0.25, -0.2) is 0 Å². The summed E-state index contributed by atoms with van der Waals surface area (Å²) in [7, 11) is 0. The highest BCUT2D eigenvalue weighted by Gasteiger charge is 2.40. The minimum atomic E-state index is 0.341. The van der Waals surface area contributed by atoms with Crippen LogP contribution in [0.25, 0.3) is 0 Å². The first-order chi connectivity index (χ1) is 8.48. The molecule has 0 aromatic carbocycles. The molecule has 18 heavy (non-hydrogen) atoms. The molecule has 0 aromatic rings. The Labute approximate surface area is 117 Å². The van der Waals surface area contributed by atoms with E-state index in [-0.39, 0.29) is 0 Å². The van der Waals surface area contributed by atoms with E-state index < -0.39 is 0 Å². The number of hydrogen-bond donors (Lipinski definition) is 1.